The molecule has 0 radical (unpaired) electrons. The fourth-order valence-corrected chi connectivity index (χ4v) is 0.700. The molecule has 0 unspecified atom stereocenters. The first-order chi connectivity index (χ1) is 5.33. The van der Waals surface area contributed by atoms with Gasteiger partial charge in [0.15, 0.2) is 5.82 Å². The van der Waals surface area contributed by atoms with Gasteiger partial charge in [-0.1, -0.05) is 0 Å². The van der Waals surface area contributed by atoms with Gasteiger partial charge >= 0.3 is 0 Å². The van der Waals surface area contributed by atoms with Crippen molar-refractivity contribution < 1.29 is 0 Å². The summed E-state index contributed by atoms with van der Waals surface area (Å²) in [5, 5.41) is 0. The molecule has 1 heterocycles. The average molecular weight is 150 g/mol. The zero-order valence-corrected chi connectivity index (χ0v) is 6.57. The minimum atomic E-state index is 0.719. The lowest BCUT2D eigenvalue weighted by Gasteiger charge is -1.87. The molecule has 0 bridgehead atoms. The number of aromatic amines is 1. The molecule has 0 aliphatic carbocycles. The van der Waals surface area contributed by atoms with Crippen molar-refractivity contribution in [1.29, 1.82) is 0 Å². The van der Waals surface area contributed by atoms with Crippen molar-refractivity contribution in [1.82, 2.24) is 9.97 Å². The quantitative estimate of drug-likeness (QED) is 0.479. The van der Waals surface area contributed by atoms with Crippen LogP contribution in [0.4, 0.5) is 5.82 Å². The molecule has 0 fully saturated rings. The predicted octanol–water partition coefficient (Wildman–Crippen LogP) is 1.55. The maximum atomic E-state index is 4.11. The largest absolute Gasteiger partial charge is 0.330 e. The van der Waals surface area contributed by atoms with Crippen molar-refractivity contribution in [2.24, 2.45) is 9.98 Å². The molecular weight excluding hydrogens is 140 g/mol. The van der Waals surface area contributed by atoms with E-state index in [1.54, 1.807) is 18.7 Å². The minimum Gasteiger partial charge on any atom is -0.330 e. The van der Waals surface area contributed by atoms with Gasteiger partial charge in [-0.05, 0) is 13.8 Å². The third-order valence-electron chi connectivity index (χ3n) is 1.08. The molecule has 0 saturated heterocycles. The molecule has 0 amide bonds. The van der Waals surface area contributed by atoms with Crippen LogP contribution in [0.2, 0.25) is 0 Å². The Bertz CT molecular complexity index is 258. The van der Waals surface area contributed by atoms with E-state index in [1.807, 2.05) is 13.8 Å². The van der Waals surface area contributed by atoms with Crippen molar-refractivity contribution in [3.63, 3.8) is 0 Å². The molecule has 11 heavy (non-hydrogen) atoms. The van der Waals surface area contributed by atoms with Gasteiger partial charge in [-0.2, -0.15) is 0 Å². The van der Waals surface area contributed by atoms with Crippen LogP contribution in [-0.4, -0.2) is 22.0 Å². The zero-order chi connectivity index (χ0) is 8.10. The Morgan fingerprint density at radius 2 is 2.55 bits per heavy atom. The molecule has 0 saturated carbocycles. The van der Waals surface area contributed by atoms with Crippen LogP contribution < -0.4 is 0 Å². The van der Waals surface area contributed by atoms with E-state index in [1.165, 1.54) is 0 Å². The number of aliphatic imine (C=N–C) groups is 2. The number of hydrogen-bond donors (Lipinski definition) is 1. The summed E-state index contributed by atoms with van der Waals surface area (Å²) in [6, 6.07) is 0. The number of hydrogen-bond acceptors (Lipinski definition) is 2. The van der Waals surface area contributed by atoms with Crippen LogP contribution in [0.25, 0.3) is 0 Å². The molecule has 1 N–H and O–H groups in total. The summed E-state index contributed by atoms with van der Waals surface area (Å²) in [5.41, 5.74) is 0. The molecule has 0 aliphatic rings. The molecule has 0 atom stereocenters. The van der Waals surface area contributed by atoms with E-state index < -0.39 is 0 Å². The monoisotopic (exact) mass is 150 g/mol. The number of nitrogens with one attached hydrogen (secondary N) is 1. The third kappa shape index (κ3) is 2.33. The Morgan fingerprint density at radius 3 is 3.09 bits per heavy atom. The summed E-state index contributed by atoms with van der Waals surface area (Å²) in [7, 11) is 0. The summed E-state index contributed by atoms with van der Waals surface area (Å²) < 4.78 is 0. The standard InChI is InChI=1S/C7H10N4/c1-3-9-6(2)11-7-4-8-5-10-7/h3-5H,1-2H3,(H,8,10). The molecule has 1 aromatic rings. The number of imidazole rings is 1. The lowest BCUT2D eigenvalue weighted by Crippen LogP contribution is -1.83. The summed E-state index contributed by atoms with van der Waals surface area (Å²) in [4.78, 5) is 14.8. The van der Waals surface area contributed by atoms with Crippen molar-refractivity contribution >= 4 is 17.9 Å². The second kappa shape index (κ2) is 3.65. The van der Waals surface area contributed by atoms with Gasteiger partial charge in [0.25, 0.3) is 0 Å². The number of amidine groups is 1. The van der Waals surface area contributed by atoms with Crippen molar-refractivity contribution in [3.8, 4) is 0 Å². The van der Waals surface area contributed by atoms with E-state index in [-0.39, 0.29) is 0 Å². The number of nitrogens with zero attached hydrogens (tertiary/aromatic N) is 3. The average Bonchev–Trinajstić information content (AvgIpc) is 2.40. The predicted molar refractivity (Wildman–Crippen MR) is 45.5 cm³/mol. The number of H-pyrrole nitrogens is 1. The first kappa shape index (κ1) is 7.65. The van der Waals surface area contributed by atoms with Crippen molar-refractivity contribution in [2.75, 3.05) is 0 Å². The highest BCUT2D eigenvalue weighted by molar-refractivity contribution is 5.88. The van der Waals surface area contributed by atoms with Gasteiger partial charge in [0.05, 0.1) is 12.5 Å². The maximum Gasteiger partial charge on any atom is 0.151 e. The van der Waals surface area contributed by atoms with Gasteiger partial charge in [0.1, 0.15) is 5.84 Å². The zero-order valence-electron chi connectivity index (χ0n) is 6.57. The smallest absolute Gasteiger partial charge is 0.151 e. The fourth-order valence-electron chi connectivity index (χ4n) is 0.700. The molecule has 4 nitrogen and oxygen atoms in total. The molecule has 4 heteroatoms. The fraction of sp³-hybridized carbons (Fsp3) is 0.286. The van der Waals surface area contributed by atoms with Crippen LogP contribution in [0, 0.1) is 0 Å². The highest BCUT2D eigenvalue weighted by Gasteiger charge is 1.88. The molecule has 1 aromatic heterocycles. The Labute approximate surface area is 65.1 Å². The molecule has 0 aromatic carbocycles. The van der Waals surface area contributed by atoms with Gasteiger partial charge in [-0.25, -0.2) is 15.0 Å². The van der Waals surface area contributed by atoms with E-state index in [2.05, 4.69) is 20.0 Å². The van der Waals surface area contributed by atoms with E-state index >= 15 is 0 Å². The Kier molecular flexibility index (Phi) is 2.54. The van der Waals surface area contributed by atoms with Crippen LogP contribution in [0.3, 0.4) is 0 Å². The molecule has 58 valence electrons. The number of aromatic nitrogens is 2. The highest BCUT2D eigenvalue weighted by atomic mass is 15.0. The van der Waals surface area contributed by atoms with E-state index in [9.17, 15) is 0 Å². The van der Waals surface area contributed by atoms with Gasteiger partial charge in [0.2, 0.25) is 0 Å². The van der Waals surface area contributed by atoms with Crippen LogP contribution >= 0.6 is 0 Å². The summed E-state index contributed by atoms with van der Waals surface area (Å²) in [5.74, 6) is 1.45. The normalized spacial score (nSPS) is 12.7. The van der Waals surface area contributed by atoms with E-state index in [0.717, 1.165) is 11.7 Å². The number of rotatable bonds is 1. The minimum absolute atomic E-state index is 0.719. The van der Waals surface area contributed by atoms with Crippen LogP contribution in [0.5, 0.6) is 0 Å². The Balaban J connectivity index is 2.73. The van der Waals surface area contributed by atoms with Crippen molar-refractivity contribution in [2.45, 2.75) is 13.8 Å². The molecule has 0 spiro atoms. The van der Waals surface area contributed by atoms with E-state index in [0.29, 0.717) is 0 Å². The topological polar surface area (TPSA) is 53.4 Å². The van der Waals surface area contributed by atoms with Gasteiger partial charge in [0, 0.05) is 6.21 Å². The van der Waals surface area contributed by atoms with Crippen LogP contribution in [0.1, 0.15) is 13.8 Å². The van der Waals surface area contributed by atoms with Gasteiger partial charge in [-0.15, -0.1) is 0 Å². The maximum absolute atomic E-state index is 4.11. The Hall–Kier alpha value is -1.45. The van der Waals surface area contributed by atoms with Gasteiger partial charge in [-0.3, -0.25) is 0 Å². The molecule has 0 aliphatic heterocycles. The second-order valence-corrected chi connectivity index (χ2v) is 1.98. The van der Waals surface area contributed by atoms with Gasteiger partial charge < -0.3 is 4.98 Å². The van der Waals surface area contributed by atoms with Crippen LogP contribution in [0.15, 0.2) is 22.5 Å². The third-order valence-corrected chi connectivity index (χ3v) is 1.08. The lowest BCUT2D eigenvalue weighted by atomic mass is 10.6. The SMILES string of the molecule is CC=NC(C)=Nc1cnc[nH]1. The first-order valence-corrected chi connectivity index (χ1v) is 3.35. The highest BCUT2D eigenvalue weighted by Crippen LogP contribution is 2.03. The summed E-state index contributed by atoms with van der Waals surface area (Å²) >= 11 is 0. The molecule has 1 rings (SSSR count). The Morgan fingerprint density at radius 1 is 1.73 bits per heavy atom. The van der Waals surface area contributed by atoms with Crippen LogP contribution in [-0.2, 0) is 0 Å². The van der Waals surface area contributed by atoms with Crippen molar-refractivity contribution in [3.05, 3.63) is 12.5 Å². The first-order valence-electron chi connectivity index (χ1n) is 3.35. The molecular formula is C7H10N4. The summed E-state index contributed by atoms with van der Waals surface area (Å²) in [6.45, 7) is 3.69. The second-order valence-electron chi connectivity index (χ2n) is 1.98. The summed E-state index contributed by atoms with van der Waals surface area (Å²) in [6.07, 6.45) is 4.94. The van der Waals surface area contributed by atoms with E-state index in [4.69, 9.17) is 0 Å². The lowest BCUT2D eigenvalue weighted by molar-refractivity contribution is 1.29.